The van der Waals surface area contributed by atoms with Gasteiger partial charge in [0.1, 0.15) is 0 Å². The van der Waals surface area contributed by atoms with Crippen LogP contribution in [0.15, 0.2) is 0 Å². The largest absolute Gasteiger partial charge is 0.481 e. The van der Waals surface area contributed by atoms with Crippen molar-refractivity contribution in [3.63, 3.8) is 0 Å². The molecule has 120 valence electrons. The van der Waals surface area contributed by atoms with Crippen LogP contribution >= 0.6 is 0 Å². The predicted molar refractivity (Wildman–Crippen MR) is 81.0 cm³/mol. The highest BCUT2D eigenvalue weighted by molar-refractivity contribution is 5.80. The number of amides is 1. The summed E-state index contributed by atoms with van der Waals surface area (Å²) >= 11 is 0. The molecule has 2 fully saturated rings. The molecule has 3 atom stereocenters. The monoisotopic (exact) mass is 296 g/mol. The average Bonchev–Trinajstić information content (AvgIpc) is 2.93. The van der Waals surface area contributed by atoms with Crippen molar-refractivity contribution in [2.75, 3.05) is 26.7 Å². The number of aliphatic carboxylic acids is 1. The van der Waals surface area contributed by atoms with Gasteiger partial charge in [-0.2, -0.15) is 0 Å². The number of nitrogens with zero attached hydrogens (tertiary/aromatic N) is 2. The molecule has 1 aliphatic carbocycles. The Morgan fingerprint density at radius 3 is 2.57 bits per heavy atom. The fourth-order valence-corrected chi connectivity index (χ4v) is 3.87. The second-order valence-electron chi connectivity index (χ2n) is 6.54. The second-order valence-corrected chi connectivity index (χ2v) is 6.54. The van der Waals surface area contributed by atoms with E-state index >= 15 is 0 Å². The van der Waals surface area contributed by atoms with Gasteiger partial charge in [0.25, 0.3) is 0 Å². The van der Waals surface area contributed by atoms with Crippen LogP contribution in [0.25, 0.3) is 0 Å². The lowest BCUT2D eigenvalue weighted by Gasteiger charge is -2.32. The van der Waals surface area contributed by atoms with Crippen LogP contribution in [-0.4, -0.2) is 59.5 Å². The van der Waals surface area contributed by atoms with Gasteiger partial charge < -0.3 is 10.0 Å². The lowest BCUT2D eigenvalue weighted by Crippen LogP contribution is -2.44. The van der Waals surface area contributed by atoms with Crippen LogP contribution in [0, 0.1) is 11.8 Å². The molecule has 5 nitrogen and oxygen atoms in total. The van der Waals surface area contributed by atoms with Crippen molar-refractivity contribution in [1.29, 1.82) is 0 Å². The maximum Gasteiger partial charge on any atom is 0.306 e. The number of likely N-dealkylation sites (N-methyl/N-ethyl adjacent to an activating group) is 2. The van der Waals surface area contributed by atoms with Crippen LogP contribution in [0.1, 0.15) is 45.4 Å². The normalized spacial score (nSPS) is 30.3. The van der Waals surface area contributed by atoms with Crippen molar-refractivity contribution in [2.45, 2.75) is 51.5 Å². The molecule has 2 rings (SSSR count). The third-order valence-corrected chi connectivity index (χ3v) is 5.14. The molecule has 1 saturated carbocycles. The van der Waals surface area contributed by atoms with Crippen LogP contribution in [-0.2, 0) is 9.59 Å². The summed E-state index contributed by atoms with van der Waals surface area (Å²) in [5, 5.41) is 9.14. The number of hydrogen-bond acceptors (Lipinski definition) is 3. The van der Waals surface area contributed by atoms with E-state index in [4.69, 9.17) is 5.11 Å². The predicted octanol–water partition coefficient (Wildman–Crippen LogP) is 1.82. The van der Waals surface area contributed by atoms with E-state index < -0.39 is 5.97 Å². The smallest absolute Gasteiger partial charge is 0.306 e. The molecule has 0 aromatic heterocycles. The Bertz CT molecular complexity index is 386. The summed E-state index contributed by atoms with van der Waals surface area (Å²) in [6.45, 7) is 5.12. The van der Waals surface area contributed by atoms with E-state index in [0.29, 0.717) is 12.5 Å². The Morgan fingerprint density at radius 1 is 1.19 bits per heavy atom. The number of rotatable bonds is 5. The Kier molecular flexibility index (Phi) is 5.62. The van der Waals surface area contributed by atoms with Crippen LogP contribution in [0.5, 0.6) is 0 Å². The van der Waals surface area contributed by atoms with E-state index in [-0.39, 0.29) is 17.7 Å². The molecule has 1 heterocycles. The highest BCUT2D eigenvalue weighted by atomic mass is 16.4. The molecular formula is C16H28N2O3. The molecule has 0 bridgehead atoms. The van der Waals surface area contributed by atoms with E-state index in [2.05, 4.69) is 11.8 Å². The van der Waals surface area contributed by atoms with Gasteiger partial charge in [0.15, 0.2) is 0 Å². The first-order valence-corrected chi connectivity index (χ1v) is 8.24. The summed E-state index contributed by atoms with van der Waals surface area (Å²) in [5.74, 6) is -1.03. The van der Waals surface area contributed by atoms with Gasteiger partial charge in [-0.05, 0) is 45.2 Å². The van der Waals surface area contributed by atoms with Gasteiger partial charge in [0.2, 0.25) is 5.91 Å². The van der Waals surface area contributed by atoms with Crippen LogP contribution in [0.3, 0.4) is 0 Å². The van der Waals surface area contributed by atoms with Gasteiger partial charge >= 0.3 is 5.97 Å². The first-order chi connectivity index (χ1) is 10.0. The minimum absolute atomic E-state index is 0.0960. The molecule has 2 aliphatic rings. The van der Waals surface area contributed by atoms with Gasteiger partial charge in [-0.25, -0.2) is 0 Å². The Morgan fingerprint density at radius 2 is 1.90 bits per heavy atom. The molecule has 1 saturated heterocycles. The van der Waals surface area contributed by atoms with Gasteiger partial charge in [-0.3, -0.25) is 14.5 Å². The number of carbonyl (C=O) groups is 2. The first kappa shape index (κ1) is 16.3. The molecule has 0 aromatic carbocycles. The lowest BCUT2D eigenvalue weighted by atomic mass is 9.81. The number of likely N-dealkylation sites (tertiary alicyclic amines) is 1. The SMILES string of the molecule is CCN1CCCC1CN(C)C(=O)C1CCCC(C(=O)O)C1. The van der Waals surface area contributed by atoms with Crippen LogP contribution in [0.4, 0.5) is 0 Å². The zero-order chi connectivity index (χ0) is 15.4. The quantitative estimate of drug-likeness (QED) is 0.840. The molecule has 21 heavy (non-hydrogen) atoms. The Labute approximate surface area is 127 Å². The van der Waals surface area contributed by atoms with E-state index in [1.807, 2.05) is 11.9 Å². The number of carboxylic acid groups (broad SMARTS) is 1. The summed E-state index contributed by atoms with van der Waals surface area (Å²) in [6, 6.07) is 0.475. The summed E-state index contributed by atoms with van der Waals surface area (Å²) in [5.41, 5.74) is 0. The summed E-state index contributed by atoms with van der Waals surface area (Å²) in [4.78, 5) is 28.0. The van der Waals surface area contributed by atoms with Gasteiger partial charge in [-0.1, -0.05) is 13.3 Å². The van der Waals surface area contributed by atoms with Crippen molar-refractivity contribution in [3.05, 3.63) is 0 Å². The minimum Gasteiger partial charge on any atom is -0.481 e. The van der Waals surface area contributed by atoms with E-state index in [1.165, 1.54) is 6.42 Å². The minimum atomic E-state index is -0.747. The molecule has 1 aliphatic heterocycles. The van der Waals surface area contributed by atoms with Crippen LogP contribution < -0.4 is 0 Å². The number of hydrogen-bond donors (Lipinski definition) is 1. The molecule has 3 unspecified atom stereocenters. The molecule has 0 aromatic rings. The first-order valence-electron chi connectivity index (χ1n) is 8.24. The summed E-state index contributed by atoms with van der Waals surface area (Å²) in [6.07, 6.45) is 5.30. The van der Waals surface area contributed by atoms with E-state index in [0.717, 1.165) is 45.3 Å². The average molecular weight is 296 g/mol. The van der Waals surface area contributed by atoms with Crippen molar-refractivity contribution >= 4 is 11.9 Å². The highest BCUT2D eigenvalue weighted by Gasteiger charge is 2.33. The molecule has 1 N–H and O–H groups in total. The summed E-state index contributed by atoms with van der Waals surface area (Å²) < 4.78 is 0. The molecule has 1 amide bonds. The summed E-state index contributed by atoms with van der Waals surface area (Å²) in [7, 11) is 1.87. The highest BCUT2D eigenvalue weighted by Crippen LogP contribution is 2.30. The standard InChI is InChI=1S/C16H28N2O3/c1-3-18-9-5-8-14(18)11-17(2)15(19)12-6-4-7-13(10-12)16(20)21/h12-14H,3-11H2,1-2H3,(H,20,21). The van der Waals surface area contributed by atoms with Crippen molar-refractivity contribution in [1.82, 2.24) is 9.80 Å². The third kappa shape index (κ3) is 3.96. The molecule has 5 heteroatoms. The molecular weight excluding hydrogens is 268 g/mol. The number of carbonyl (C=O) groups excluding carboxylic acids is 1. The lowest BCUT2D eigenvalue weighted by molar-refractivity contribution is -0.145. The maximum absolute atomic E-state index is 12.6. The fraction of sp³-hybridized carbons (Fsp3) is 0.875. The fourth-order valence-electron chi connectivity index (χ4n) is 3.87. The zero-order valence-electron chi connectivity index (χ0n) is 13.3. The molecule has 0 radical (unpaired) electrons. The Hall–Kier alpha value is -1.10. The zero-order valence-corrected chi connectivity index (χ0v) is 13.3. The third-order valence-electron chi connectivity index (χ3n) is 5.14. The topological polar surface area (TPSA) is 60.9 Å². The van der Waals surface area contributed by atoms with Crippen molar-refractivity contribution in [3.8, 4) is 0 Å². The van der Waals surface area contributed by atoms with E-state index in [1.54, 1.807) is 0 Å². The second kappa shape index (κ2) is 7.25. The maximum atomic E-state index is 12.6. The Balaban J connectivity index is 1.88. The van der Waals surface area contributed by atoms with Crippen molar-refractivity contribution in [2.24, 2.45) is 11.8 Å². The van der Waals surface area contributed by atoms with Crippen LogP contribution in [0.2, 0.25) is 0 Å². The number of carboxylic acids is 1. The van der Waals surface area contributed by atoms with Gasteiger partial charge in [-0.15, -0.1) is 0 Å². The molecule has 0 spiro atoms. The van der Waals surface area contributed by atoms with Gasteiger partial charge in [0.05, 0.1) is 5.92 Å². The van der Waals surface area contributed by atoms with Gasteiger partial charge in [0, 0.05) is 25.6 Å². The van der Waals surface area contributed by atoms with E-state index in [9.17, 15) is 9.59 Å². The van der Waals surface area contributed by atoms with Crippen molar-refractivity contribution < 1.29 is 14.7 Å².